The van der Waals surface area contributed by atoms with Crippen LogP contribution in [0.5, 0.6) is 5.75 Å². The molecule has 2 rings (SSSR count). The smallest absolute Gasteiger partial charge is 0.261 e. The van der Waals surface area contributed by atoms with Crippen LogP contribution in [0.2, 0.25) is 5.02 Å². The topological polar surface area (TPSA) is 38.3 Å². The minimum absolute atomic E-state index is 0.0103. The lowest BCUT2D eigenvalue weighted by molar-refractivity contribution is -0.128. The molecule has 4 heteroatoms. The van der Waals surface area contributed by atoms with Gasteiger partial charge in [0.1, 0.15) is 5.75 Å². The van der Waals surface area contributed by atoms with E-state index in [4.69, 9.17) is 16.3 Å². The molecule has 26 heavy (non-hydrogen) atoms. The van der Waals surface area contributed by atoms with Crippen LogP contribution in [0, 0.1) is 5.92 Å². The van der Waals surface area contributed by atoms with Crippen LogP contribution in [0.4, 0.5) is 0 Å². The Morgan fingerprint density at radius 2 is 1.65 bits per heavy atom. The molecule has 4 atom stereocenters. The second-order valence-electron chi connectivity index (χ2n) is 6.83. The molecule has 0 saturated heterocycles. The molecule has 0 aliphatic rings. The Kier molecular flexibility index (Phi) is 7.52. The monoisotopic (exact) mass is 373 g/mol. The van der Waals surface area contributed by atoms with Gasteiger partial charge in [-0.15, -0.1) is 0 Å². The summed E-state index contributed by atoms with van der Waals surface area (Å²) in [6, 6.07) is 17.4. The molecule has 0 saturated carbocycles. The standard InChI is InChI=1S/C22H28ClNO2/c1-5-15(2)21(18-9-7-6-8-10-18)16(3)24-22(25)17(4)26-20-13-11-19(23)12-14-20/h6-17,21H,5H2,1-4H3,(H,24,25). The zero-order chi connectivity index (χ0) is 19.1. The molecule has 3 nitrogen and oxygen atoms in total. The highest BCUT2D eigenvalue weighted by Crippen LogP contribution is 2.30. The average molecular weight is 374 g/mol. The van der Waals surface area contributed by atoms with E-state index in [0.29, 0.717) is 16.7 Å². The highest BCUT2D eigenvalue weighted by Gasteiger charge is 2.27. The lowest BCUT2D eigenvalue weighted by Gasteiger charge is -2.31. The summed E-state index contributed by atoms with van der Waals surface area (Å²) >= 11 is 5.88. The second kappa shape index (κ2) is 9.63. The Morgan fingerprint density at radius 3 is 2.23 bits per heavy atom. The van der Waals surface area contributed by atoms with Crippen molar-refractivity contribution in [3.8, 4) is 5.75 Å². The highest BCUT2D eigenvalue weighted by atomic mass is 35.5. The number of nitrogens with one attached hydrogen (secondary N) is 1. The molecule has 0 radical (unpaired) electrons. The van der Waals surface area contributed by atoms with E-state index in [-0.39, 0.29) is 17.9 Å². The minimum atomic E-state index is -0.577. The van der Waals surface area contributed by atoms with Crippen molar-refractivity contribution >= 4 is 17.5 Å². The van der Waals surface area contributed by atoms with Gasteiger partial charge in [-0.05, 0) is 49.6 Å². The number of rotatable bonds is 8. The summed E-state index contributed by atoms with van der Waals surface area (Å²) in [5, 5.41) is 3.78. The fourth-order valence-electron chi connectivity index (χ4n) is 3.24. The van der Waals surface area contributed by atoms with E-state index in [1.165, 1.54) is 5.56 Å². The maximum Gasteiger partial charge on any atom is 0.261 e. The maximum atomic E-state index is 12.6. The quantitative estimate of drug-likeness (QED) is 0.668. The summed E-state index contributed by atoms with van der Waals surface area (Å²) in [6.45, 7) is 8.24. The van der Waals surface area contributed by atoms with E-state index in [0.717, 1.165) is 6.42 Å². The molecule has 0 fully saturated rings. The Labute approximate surface area is 161 Å². The molecule has 140 valence electrons. The molecule has 0 bridgehead atoms. The Hall–Kier alpha value is -2.00. The number of halogens is 1. The fourth-order valence-corrected chi connectivity index (χ4v) is 3.37. The van der Waals surface area contributed by atoms with E-state index in [2.05, 4.69) is 38.2 Å². The first kappa shape index (κ1) is 20.3. The second-order valence-corrected chi connectivity index (χ2v) is 7.27. The molecule has 0 spiro atoms. The molecular formula is C22H28ClNO2. The average Bonchev–Trinajstić information content (AvgIpc) is 2.64. The SMILES string of the molecule is CCC(C)C(c1ccccc1)C(C)NC(=O)C(C)Oc1ccc(Cl)cc1. The summed E-state index contributed by atoms with van der Waals surface area (Å²) in [6.07, 6.45) is 0.475. The van der Waals surface area contributed by atoms with Gasteiger partial charge in [0.2, 0.25) is 0 Å². The highest BCUT2D eigenvalue weighted by molar-refractivity contribution is 6.30. The van der Waals surface area contributed by atoms with Crippen molar-refractivity contribution < 1.29 is 9.53 Å². The summed E-state index contributed by atoms with van der Waals surface area (Å²) in [5.41, 5.74) is 1.25. The first-order chi connectivity index (χ1) is 12.4. The fraction of sp³-hybridized carbons (Fsp3) is 0.409. The van der Waals surface area contributed by atoms with Gasteiger partial charge in [-0.3, -0.25) is 4.79 Å². The van der Waals surface area contributed by atoms with Gasteiger partial charge in [0, 0.05) is 17.0 Å². The van der Waals surface area contributed by atoms with Crippen molar-refractivity contribution in [1.29, 1.82) is 0 Å². The predicted octanol–water partition coefficient (Wildman–Crippen LogP) is 5.44. The minimum Gasteiger partial charge on any atom is -0.481 e. The van der Waals surface area contributed by atoms with Gasteiger partial charge < -0.3 is 10.1 Å². The number of amides is 1. The van der Waals surface area contributed by atoms with Gasteiger partial charge in [-0.2, -0.15) is 0 Å². The van der Waals surface area contributed by atoms with Crippen molar-refractivity contribution in [2.45, 2.75) is 52.2 Å². The summed E-state index contributed by atoms with van der Waals surface area (Å²) < 4.78 is 5.73. The first-order valence-corrected chi connectivity index (χ1v) is 9.57. The largest absolute Gasteiger partial charge is 0.481 e. The number of carbonyl (C=O) groups excluding carboxylic acids is 1. The Bertz CT molecular complexity index is 687. The molecule has 2 aromatic carbocycles. The van der Waals surface area contributed by atoms with Crippen molar-refractivity contribution in [3.05, 3.63) is 65.2 Å². The molecule has 2 aromatic rings. The van der Waals surface area contributed by atoms with Gasteiger partial charge in [0.05, 0.1) is 0 Å². The molecule has 0 aliphatic carbocycles. The van der Waals surface area contributed by atoms with Crippen molar-refractivity contribution in [1.82, 2.24) is 5.32 Å². The summed E-state index contributed by atoms with van der Waals surface area (Å²) in [7, 11) is 0. The molecular weight excluding hydrogens is 346 g/mol. The van der Waals surface area contributed by atoms with Crippen molar-refractivity contribution in [2.75, 3.05) is 0 Å². The number of hydrogen-bond donors (Lipinski definition) is 1. The number of hydrogen-bond acceptors (Lipinski definition) is 2. The van der Waals surface area contributed by atoms with Crippen LogP contribution < -0.4 is 10.1 Å². The van der Waals surface area contributed by atoms with Gasteiger partial charge in [-0.25, -0.2) is 0 Å². The van der Waals surface area contributed by atoms with Crippen molar-refractivity contribution in [2.24, 2.45) is 5.92 Å². The predicted molar refractivity (Wildman–Crippen MR) is 108 cm³/mol. The Balaban J connectivity index is 2.03. The molecule has 1 N–H and O–H groups in total. The zero-order valence-corrected chi connectivity index (χ0v) is 16.7. The van der Waals surface area contributed by atoms with Crippen molar-refractivity contribution in [3.63, 3.8) is 0 Å². The normalized spacial score (nSPS) is 15.6. The van der Waals surface area contributed by atoms with Crippen LogP contribution in [0.3, 0.4) is 0 Å². The van der Waals surface area contributed by atoms with Crippen LogP contribution in [-0.2, 0) is 4.79 Å². The van der Waals surface area contributed by atoms with E-state index in [9.17, 15) is 4.79 Å². The molecule has 0 aromatic heterocycles. The lowest BCUT2D eigenvalue weighted by atomic mass is 9.80. The molecule has 0 aliphatic heterocycles. The van der Waals surface area contributed by atoms with Crippen LogP contribution >= 0.6 is 11.6 Å². The first-order valence-electron chi connectivity index (χ1n) is 9.20. The zero-order valence-electron chi connectivity index (χ0n) is 15.9. The number of carbonyl (C=O) groups is 1. The lowest BCUT2D eigenvalue weighted by Crippen LogP contribution is -2.45. The molecule has 4 unspecified atom stereocenters. The van der Waals surface area contributed by atoms with Gasteiger partial charge in [0.15, 0.2) is 6.10 Å². The van der Waals surface area contributed by atoms with Crippen LogP contribution in [0.1, 0.15) is 45.6 Å². The van der Waals surface area contributed by atoms with Gasteiger partial charge >= 0.3 is 0 Å². The third kappa shape index (κ3) is 5.50. The summed E-state index contributed by atoms with van der Waals surface area (Å²) in [4.78, 5) is 12.6. The van der Waals surface area contributed by atoms with E-state index in [1.807, 2.05) is 18.2 Å². The third-order valence-electron chi connectivity index (χ3n) is 4.85. The van der Waals surface area contributed by atoms with E-state index in [1.54, 1.807) is 31.2 Å². The van der Waals surface area contributed by atoms with Gasteiger partial charge in [0.25, 0.3) is 5.91 Å². The Morgan fingerprint density at radius 1 is 1.04 bits per heavy atom. The van der Waals surface area contributed by atoms with Gasteiger partial charge in [-0.1, -0.05) is 62.2 Å². The van der Waals surface area contributed by atoms with Crippen LogP contribution in [0.15, 0.2) is 54.6 Å². The van der Waals surface area contributed by atoms with E-state index >= 15 is 0 Å². The summed E-state index contributed by atoms with van der Waals surface area (Å²) in [5.74, 6) is 1.23. The van der Waals surface area contributed by atoms with Crippen LogP contribution in [0.25, 0.3) is 0 Å². The third-order valence-corrected chi connectivity index (χ3v) is 5.10. The van der Waals surface area contributed by atoms with Crippen LogP contribution in [-0.4, -0.2) is 18.1 Å². The number of benzene rings is 2. The number of ether oxygens (including phenoxy) is 1. The molecule has 0 heterocycles. The molecule has 1 amide bonds. The van der Waals surface area contributed by atoms with E-state index < -0.39 is 6.10 Å². The maximum absolute atomic E-state index is 12.6.